The predicted molar refractivity (Wildman–Crippen MR) is 68.6 cm³/mol. The zero-order valence-electron chi connectivity index (χ0n) is 10.9. The third-order valence-corrected chi connectivity index (χ3v) is 2.20. The Morgan fingerprint density at radius 2 is 1.83 bits per heavy atom. The summed E-state index contributed by atoms with van der Waals surface area (Å²) in [6.07, 6.45) is 0.965. The van der Waals surface area contributed by atoms with Crippen LogP contribution >= 0.6 is 0 Å². The average Bonchev–Trinajstić information content (AvgIpc) is 2.34. The zero-order chi connectivity index (χ0) is 13.4. The second-order valence-electron chi connectivity index (χ2n) is 3.71. The number of hydrogen-bond acceptors (Lipinski definition) is 4. The van der Waals surface area contributed by atoms with Gasteiger partial charge in [-0.2, -0.15) is 0 Å². The van der Waals surface area contributed by atoms with Crippen molar-refractivity contribution < 1.29 is 18.6 Å². The van der Waals surface area contributed by atoms with E-state index in [2.05, 4.69) is 0 Å². The molecule has 18 heavy (non-hydrogen) atoms. The van der Waals surface area contributed by atoms with Gasteiger partial charge >= 0.3 is 0 Å². The van der Waals surface area contributed by atoms with Gasteiger partial charge in [0.1, 0.15) is 12.4 Å². The van der Waals surface area contributed by atoms with Crippen molar-refractivity contribution in [2.45, 2.75) is 20.3 Å². The molecule has 2 N–H and O–H groups in total. The Kier molecular flexibility index (Phi) is 6.28. The minimum atomic E-state index is -0.482. The molecule has 0 fully saturated rings. The molecule has 0 aliphatic heterocycles. The lowest BCUT2D eigenvalue weighted by molar-refractivity contribution is 0.101. The van der Waals surface area contributed by atoms with Crippen LogP contribution in [0.1, 0.15) is 20.3 Å². The van der Waals surface area contributed by atoms with Crippen molar-refractivity contribution in [3.63, 3.8) is 0 Å². The fraction of sp³-hybridized carbons (Fsp3) is 0.538. The van der Waals surface area contributed by atoms with Gasteiger partial charge in [0, 0.05) is 18.7 Å². The molecule has 0 bridgehead atoms. The van der Waals surface area contributed by atoms with E-state index in [1.165, 1.54) is 12.1 Å². The highest BCUT2D eigenvalue weighted by molar-refractivity contribution is 5.56. The number of anilines is 1. The van der Waals surface area contributed by atoms with E-state index >= 15 is 0 Å². The van der Waals surface area contributed by atoms with Crippen molar-refractivity contribution in [3.05, 3.63) is 17.9 Å². The van der Waals surface area contributed by atoms with Crippen molar-refractivity contribution in [2.75, 3.05) is 32.2 Å². The molecule has 4 nitrogen and oxygen atoms in total. The van der Waals surface area contributed by atoms with Crippen LogP contribution in [0.2, 0.25) is 0 Å². The number of nitrogen functional groups attached to an aromatic ring is 1. The molecule has 0 aliphatic carbocycles. The van der Waals surface area contributed by atoms with Gasteiger partial charge in [-0.1, -0.05) is 6.92 Å². The summed E-state index contributed by atoms with van der Waals surface area (Å²) < 4.78 is 29.3. The first-order valence-electron chi connectivity index (χ1n) is 6.11. The second-order valence-corrected chi connectivity index (χ2v) is 3.71. The molecular formula is C13H20FNO3. The highest BCUT2D eigenvalue weighted by Crippen LogP contribution is 2.30. The van der Waals surface area contributed by atoms with Gasteiger partial charge in [0.25, 0.3) is 0 Å². The summed E-state index contributed by atoms with van der Waals surface area (Å²) in [6.45, 7) is 5.77. The van der Waals surface area contributed by atoms with Crippen LogP contribution in [0, 0.1) is 5.82 Å². The van der Waals surface area contributed by atoms with Crippen molar-refractivity contribution >= 4 is 5.69 Å². The third kappa shape index (κ3) is 4.41. The zero-order valence-corrected chi connectivity index (χ0v) is 10.9. The highest BCUT2D eigenvalue weighted by atomic mass is 19.1. The SMILES string of the molecule is CCCOCCOc1cc(OCC)c(F)cc1N. The highest BCUT2D eigenvalue weighted by Gasteiger charge is 2.09. The number of halogens is 1. The lowest BCUT2D eigenvalue weighted by Gasteiger charge is -2.12. The van der Waals surface area contributed by atoms with Gasteiger partial charge in [0.15, 0.2) is 11.6 Å². The van der Waals surface area contributed by atoms with Gasteiger partial charge in [-0.05, 0) is 13.3 Å². The lowest BCUT2D eigenvalue weighted by Crippen LogP contribution is -2.09. The van der Waals surface area contributed by atoms with E-state index in [-0.39, 0.29) is 11.4 Å². The van der Waals surface area contributed by atoms with Crippen molar-refractivity contribution in [1.29, 1.82) is 0 Å². The van der Waals surface area contributed by atoms with Crippen molar-refractivity contribution in [1.82, 2.24) is 0 Å². The normalized spacial score (nSPS) is 10.4. The molecule has 0 saturated carbocycles. The Hall–Kier alpha value is -1.49. The minimum Gasteiger partial charge on any atom is -0.491 e. The molecule has 1 rings (SSSR count). The molecule has 0 radical (unpaired) electrons. The number of nitrogens with two attached hydrogens (primary N) is 1. The number of hydrogen-bond donors (Lipinski definition) is 1. The van der Waals surface area contributed by atoms with Crippen LogP contribution in [0.3, 0.4) is 0 Å². The summed E-state index contributed by atoms with van der Waals surface area (Å²) in [5, 5.41) is 0. The maximum absolute atomic E-state index is 13.4. The monoisotopic (exact) mass is 257 g/mol. The summed E-state index contributed by atoms with van der Waals surface area (Å²) in [6, 6.07) is 2.67. The van der Waals surface area contributed by atoms with Gasteiger partial charge in [-0.25, -0.2) is 4.39 Å². The Bertz CT molecular complexity index is 371. The molecule has 0 aliphatic rings. The summed E-state index contributed by atoms with van der Waals surface area (Å²) in [5.74, 6) is 0.0834. The molecule has 1 aromatic carbocycles. The third-order valence-electron chi connectivity index (χ3n) is 2.20. The smallest absolute Gasteiger partial charge is 0.167 e. The summed E-state index contributed by atoms with van der Waals surface area (Å²) in [4.78, 5) is 0. The summed E-state index contributed by atoms with van der Waals surface area (Å²) >= 11 is 0. The van der Waals surface area contributed by atoms with E-state index in [9.17, 15) is 4.39 Å². The Morgan fingerprint density at radius 1 is 1.06 bits per heavy atom. The van der Waals surface area contributed by atoms with E-state index in [1.807, 2.05) is 6.92 Å². The molecule has 1 aromatic rings. The number of ether oxygens (including phenoxy) is 3. The van der Waals surface area contributed by atoms with Crippen molar-refractivity contribution in [3.8, 4) is 11.5 Å². The van der Waals surface area contributed by atoms with Crippen LogP contribution in [0.25, 0.3) is 0 Å². The van der Waals surface area contributed by atoms with Crippen LogP contribution in [-0.2, 0) is 4.74 Å². The van der Waals surface area contributed by atoms with Gasteiger partial charge in [0.05, 0.1) is 18.9 Å². The van der Waals surface area contributed by atoms with Crippen LogP contribution in [0.4, 0.5) is 10.1 Å². The van der Waals surface area contributed by atoms with E-state index in [4.69, 9.17) is 19.9 Å². The fourth-order valence-corrected chi connectivity index (χ4v) is 1.40. The molecule has 0 spiro atoms. The Balaban J connectivity index is 2.56. The molecule has 0 aromatic heterocycles. The quantitative estimate of drug-likeness (QED) is 0.574. The first-order valence-corrected chi connectivity index (χ1v) is 6.11. The van der Waals surface area contributed by atoms with Gasteiger partial charge in [-0.15, -0.1) is 0 Å². The second kappa shape index (κ2) is 7.76. The molecular weight excluding hydrogens is 237 g/mol. The van der Waals surface area contributed by atoms with E-state index in [1.54, 1.807) is 6.92 Å². The fourth-order valence-electron chi connectivity index (χ4n) is 1.40. The number of rotatable bonds is 8. The topological polar surface area (TPSA) is 53.7 Å². The minimum absolute atomic E-state index is 0.149. The maximum Gasteiger partial charge on any atom is 0.167 e. The maximum atomic E-state index is 13.4. The van der Waals surface area contributed by atoms with Crippen LogP contribution in [-0.4, -0.2) is 26.4 Å². The summed E-state index contributed by atoms with van der Waals surface area (Å²) in [5.41, 5.74) is 5.92. The largest absolute Gasteiger partial charge is 0.491 e. The van der Waals surface area contributed by atoms with Gasteiger partial charge in [0.2, 0.25) is 0 Å². The molecule has 0 heterocycles. The van der Waals surface area contributed by atoms with Crippen LogP contribution in [0.15, 0.2) is 12.1 Å². The molecule has 5 heteroatoms. The van der Waals surface area contributed by atoms with E-state index in [0.29, 0.717) is 32.2 Å². The molecule has 102 valence electrons. The van der Waals surface area contributed by atoms with E-state index < -0.39 is 5.82 Å². The predicted octanol–water partition coefficient (Wildman–Crippen LogP) is 2.61. The van der Waals surface area contributed by atoms with Gasteiger partial charge in [-0.3, -0.25) is 0 Å². The van der Waals surface area contributed by atoms with Crippen LogP contribution in [0.5, 0.6) is 11.5 Å². The van der Waals surface area contributed by atoms with E-state index in [0.717, 1.165) is 6.42 Å². The molecule has 0 unspecified atom stereocenters. The van der Waals surface area contributed by atoms with Crippen molar-refractivity contribution in [2.24, 2.45) is 0 Å². The number of benzene rings is 1. The molecule has 0 saturated heterocycles. The lowest BCUT2D eigenvalue weighted by atomic mass is 10.2. The standard InChI is InChI=1S/C13H20FNO3/c1-3-5-16-6-7-18-13-9-12(17-4-2)10(14)8-11(13)15/h8-9H,3-7,15H2,1-2H3. The first-order chi connectivity index (χ1) is 8.69. The molecule has 0 atom stereocenters. The average molecular weight is 257 g/mol. The first kappa shape index (κ1) is 14.6. The Labute approximate surface area is 107 Å². The van der Waals surface area contributed by atoms with Gasteiger partial charge < -0.3 is 19.9 Å². The molecule has 0 amide bonds. The summed E-state index contributed by atoms with van der Waals surface area (Å²) in [7, 11) is 0. The Morgan fingerprint density at radius 3 is 2.50 bits per heavy atom. The van der Waals surface area contributed by atoms with Crippen LogP contribution < -0.4 is 15.2 Å².